The minimum Gasteiger partial charge on any atom is -0.0784 e. The van der Waals surface area contributed by atoms with Crippen LogP contribution in [-0.4, -0.2) is 8.07 Å². The van der Waals surface area contributed by atoms with Gasteiger partial charge in [0, 0.05) is 0 Å². The lowest BCUT2D eigenvalue weighted by atomic mass is 10.1. The maximum absolute atomic E-state index is 2.43. The summed E-state index contributed by atoms with van der Waals surface area (Å²) in [5, 5.41) is 1.63. The van der Waals surface area contributed by atoms with Crippen molar-refractivity contribution < 1.29 is 0 Å². The van der Waals surface area contributed by atoms with Gasteiger partial charge in [-0.15, -0.1) is 0 Å². The second kappa shape index (κ2) is 2.63. The lowest BCUT2D eigenvalue weighted by molar-refractivity contribution is 0.881. The summed E-state index contributed by atoms with van der Waals surface area (Å²) >= 11 is 0. The summed E-state index contributed by atoms with van der Waals surface area (Å²) < 4.78 is 0. The van der Waals surface area contributed by atoms with Crippen LogP contribution in [0.25, 0.3) is 0 Å². The Labute approximate surface area is 71.0 Å². The molecule has 0 fully saturated rings. The Morgan fingerprint density at radius 2 is 1.82 bits per heavy atom. The van der Waals surface area contributed by atoms with E-state index in [-0.39, 0.29) is 0 Å². The van der Waals surface area contributed by atoms with Crippen LogP contribution < -0.4 is 0 Å². The highest BCUT2D eigenvalue weighted by Crippen LogP contribution is 2.28. The van der Waals surface area contributed by atoms with Crippen LogP contribution >= 0.6 is 0 Å². The van der Waals surface area contributed by atoms with E-state index in [9.17, 15) is 0 Å². The Bertz CT molecular complexity index is 216. The first kappa shape index (κ1) is 8.79. The third-order valence-electron chi connectivity index (χ3n) is 2.40. The van der Waals surface area contributed by atoms with Crippen molar-refractivity contribution in [3.05, 3.63) is 22.9 Å². The quantitative estimate of drug-likeness (QED) is 0.524. The van der Waals surface area contributed by atoms with Gasteiger partial charge in [0.05, 0.1) is 8.07 Å². The third-order valence-corrected chi connectivity index (χ3v) is 4.44. The van der Waals surface area contributed by atoms with Crippen LogP contribution in [-0.2, 0) is 0 Å². The van der Waals surface area contributed by atoms with Gasteiger partial charge in [-0.2, -0.15) is 0 Å². The topological polar surface area (TPSA) is 0 Å². The average molecular weight is 166 g/mol. The average Bonchev–Trinajstić information content (AvgIpc) is 2.11. The van der Waals surface area contributed by atoms with E-state index < -0.39 is 8.07 Å². The minimum absolute atomic E-state index is 0.691. The van der Waals surface area contributed by atoms with Gasteiger partial charge in [0.1, 0.15) is 0 Å². The number of hydrogen-bond acceptors (Lipinski definition) is 0. The van der Waals surface area contributed by atoms with E-state index in [1.165, 1.54) is 5.57 Å². The molecule has 0 unspecified atom stereocenters. The van der Waals surface area contributed by atoms with Crippen LogP contribution in [0.3, 0.4) is 0 Å². The zero-order chi connectivity index (χ0) is 8.65. The zero-order valence-corrected chi connectivity index (χ0v) is 9.23. The molecule has 0 heterocycles. The predicted octanol–water partition coefficient (Wildman–Crippen LogP) is 3.39. The van der Waals surface area contributed by atoms with E-state index in [1.54, 1.807) is 5.20 Å². The van der Waals surface area contributed by atoms with Crippen LogP contribution in [0.15, 0.2) is 22.9 Å². The van der Waals surface area contributed by atoms with E-state index in [1.807, 2.05) is 0 Å². The van der Waals surface area contributed by atoms with Gasteiger partial charge >= 0.3 is 0 Å². The highest BCUT2D eigenvalue weighted by atomic mass is 28.3. The van der Waals surface area contributed by atoms with Gasteiger partial charge in [-0.1, -0.05) is 49.5 Å². The van der Waals surface area contributed by atoms with Gasteiger partial charge in [-0.05, 0) is 12.8 Å². The van der Waals surface area contributed by atoms with Gasteiger partial charge < -0.3 is 0 Å². The molecule has 1 rings (SSSR count). The summed E-state index contributed by atoms with van der Waals surface area (Å²) in [6.07, 6.45) is 4.82. The molecule has 0 spiro atoms. The van der Waals surface area contributed by atoms with Crippen molar-refractivity contribution in [2.24, 2.45) is 5.92 Å². The highest BCUT2D eigenvalue weighted by molar-refractivity contribution is 6.83. The van der Waals surface area contributed by atoms with Crippen LogP contribution in [0.1, 0.15) is 13.8 Å². The fourth-order valence-corrected chi connectivity index (χ4v) is 2.70. The zero-order valence-electron chi connectivity index (χ0n) is 8.23. The molecule has 0 amide bonds. The van der Waals surface area contributed by atoms with E-state index in [4.69, 9.17) is 0 Å². The van der Waals surface area contributed by atoms with Crippen LogP contribution in [0.4, 0.5) is 0 Å². The van der Waals surface area contributed by atoms with Crippen molar-refractivity contribution in [3.63, 3.8) is 0 Å². The number of hydrogen-bond donors (Lipinski definition) is 0. The van der Waals surface area contributed by atoms with E-state index in [0.717, 1.165) is 0 Å². The van der Waals surface area contributed by atoms with Crippen LogP contribution in [0, 0.1) is 5.92 Å². The van der Waals surface area contributed by atoms with Crippen molar-refractivity contribution in [1.82, 2.24) is 0 Å². The first-order valence-electron chi connectivity index (χ1n) is 4.32. The van der Waals surface area contributed by atoms with Crippen LogP contribution in [0.2, 0.25) is 19.6 Å². The summed E-state index contributed by atoms with van der Waals surface area (Å²) in [6.45, 7) is 11.7. The van der Waals surface area contributed by atoms with Crippen LogP contribution in [0.5, 0.6) is 0 Å². The van der Waals surface area contributed by atoms with Crippen molar-refractivity contribution in [1.29, 1.82) is 0 Å². The normalized spacial score (nSPS) is 25.0. The lowest BCUT2D eigenvalue weighted by Gasteiger charge is -2.15. The molecule has 0 N–H and O–H groups in total. The monoisotopic (exact) mass is 166 g/mol. The number of allylic oxidation sites excluding steroid dienone is 4. The minimum atomic E-state index is -1.02. The van der Waals surface area contributed by atoms with Crippen molar-refractivity contribution in [3.8, 4) is 0 Å². The first-order chi connectivity index (χ1) is 4.91. The SMILES string of the molecule is CC1=CC([Si](C)(C)C)=C[C@H]1C. The molecule has 0 aliphatic heterocycles. The molecule has 0 aromatic carbocycles. The maximum atomic E-state index is 2.43. The molecule has 0 nitrogen and oxygen atoms in total. The van der Waals surface area contributed by atoms with Gasteiger partial charge in [0.2, 0.25) is 0 Å². The third kappa shape index (κ3) is 1.83. The molecular weight excluding hydrogens is 148 g/mol. The van der Waals surface area contributed by atoms with E-state index >= 15 is 0 Å². The standard InChI is InChI=1S/C10H18Si/c1-8-6-10(7-9(8)2)11(3,4)5/h6-8H,1-5H3/t8-/m1/s1. The molecule has 1 aliphatic carbocycles. The number of rotatable bonds is 1. The maximum Gasteiger partial charge on any atom is 0.0772 e. The summed E-state index contributed by atoms with van der Waals surface area (Å²) in [5.41, 5.74) is 1.53. The Balaban J connectivity index is 2.87. The Morgan fingerprint density at radius 3 is 2.00 bits per heavy atom. The Hall–Kier alpha value is -0.303. The molecule has 0 saturated heterocycles. The fraction of sp³-hybridized carbons (Fsp3) is 0.600. The van der Waals surface area contributed by atoms with Crippen molar-refractivity contribution in [2.45, 2.75) is 33.5 Å². The lowest BCUT2D eigenvalue weighted by Crippen LogP contribution is -2.21. The molecule has 62 valence electrons. The summed E-state index contributed by atoms with van der Waals surface area (Å²) in [7, 11) is -1.02. The largest absolute Gasteiger partial charge is 0.0784 e. The van der Waals surface area contributed by atoms with Gasteiger partial charge in [-0.25, -0.2) is 0 Å². The molecule has 0 bridgehead atoms. The molecule has 1 heteroatoms. The first-order valence-corrected chi connectivity index (χ1v) is 7.82. The summed E-state index contributed by atoms with van der Waals surface area (Å²) in [4.78, 5) is 0. The predicted molar refractivity (Wildman–Crippen MR) is 54.4 cm³/mol. The molecule has 1 aliphatic rings. The van der Waals surface area contributed by atoms with E-state index in [2.05, 4.69) is 45.6 Å². The van der Waals surface area contributed by atoms with Gasteiger partial charge in [0.25, 0.3) is 0 Å². The van der Waals surface area contributed by atoms with Gasteiger partial charge in [0.15, 0.2) is 0 Å². The van der Waals surface area contributed by atoms with E-state index in [0.29, 0.717) is 5.92 Å². The molecule has 1 atom stereocenters. The highest BCUT2D eigenvalue weighted by Gasteiger charge is 2.22. The molecule has 0 aromatic heterocycles. The Kier molecular flexibility index (Phi) is 2.10. The second-order valence-electron chi connectivity index (χ2n) is 4.55. The molecular formula is C10H18Si. The smallest absolute Gasteiger partial charge is 0.0772 e. The summed E-state index contributed by atoms with van der Waals surface area (Å²) in [5.74, 6) is 0.691. The molecule has 11 heavy (non-hydrogen) atoms. The fourth-order valence-electron chi connectivity index (χ4n) is 1.29. The molecule has 0 radical (unpaired) electrons. The van der Waals surface area contributed by atoms with Crippen molar-refractivity contribution in [2.75, 3.05) is 0 Å². The second-order valence-corrected chi connectivity index (χ2v) is 9.63. The summed E-state index contributed by atoms with van der Waals surface area (Å²) in [6, 6.07) is 0. The Morgan fingerprint density at radius 1 is 1.27 bits per heavy atom. The van der Waals surface area contributed by atoms with Gasteiger partial charge in [-0.3, -0.25) is 0 Å². The van der Waals surface area contributed by atoms with Crippen molar-refractivity contribution >= 4 is 8.07 Å². The molecule has 0 saturated carbocycles. The molecule has 0 aromatic rings.